The maximum absolute atomic E-state index is 3.88. The summed E-state index contributed by atoms with van der Waals surface area (Å²) >= 11 is 0. The van der Waals surface area contributed by atoms with E-state index < -0.39 is 0 Å². The van der Waals surface area contributed by atoms with E-state index in [2.05, 4.69) is 206 Å². The molecule has 9 aromatic carbocycles. The van der Waals surface area contributed by atoms with Crippen molar-refractivity contribution in [2.45, 2.75) is 25.4 Å². The van der Waals surface area contributed by atoms with Crippen LogP contribution in [0.25, 0.3) is 65.7 Å². The molecule has 0 bridgehead atoms. The Kier molecular flexibility index (Phi) is 6.69. The van der Waals surface area contributed by atoms with Gasteiger partial charge in [0.1, 0.15) is 6.17 Å². The molecule has 1 heterocycles. The van der Waals surface area contributed by atoms with Crippen LogP contribution in [0.1, 0.15) is 36.7 Å². The van der Waals surface area contributed by atoms with Crippen LogP contribution in [0.3, 0.4) is 0 Å². The lowest BCUT2D eigenvalue weighted by Gasteiger charge is -2.28. The van der Waals surface area contributed by atoms with Gasteiger partial charge in [0.05, 0.1) is 11.4 Å². The van der Waals surface area contributed by atoms with Crippen molar-refractivity contribution in [1.82, 2.24) is 0 Å². The lowest BCUT2D eigenvalue weighted by molar-refractivity contribution is 0.661. The number of para-hydroxylation sites is 3. The number of fused-ring (bicyclic) bond motifs is 7. The molecule has 2 aliphatic rings. The lowest BCUT2D eigenvalue weighted by atomic mass is 9.79. The molecule has 2 nitrogen and oxygen atoms in total. The molecule has 1 atom stereocenters. The summed E-state index contributed by atoms with van der Waals surface area (Å²) in [6, 6.07) is 67.3. The molecule has 0 saturated carbocycles. The first-order chi connectivity index (χ1) is 26.6. The molecular weight excluding hydrogens is 653 g/mol. The Balaban J connectivity index is 1.21. The highest BCUT2D eigenvalue weighted by molar-refractivity contribution is 6.24. The van der Waals surface area contributed by atoms with Crippen molar-refractivity contribution in [1.29, 1.82) is 0 Å². The first-order valence-electron chi connectivity index (χ1n) is 19.0. The van der Waals surface area contributed by atoms with Gasteiger partial charge in [0.15, 0.2) is 0 Å². The monoisotopic (exact) mass is 690 g/mol. The second kappa shape index (κ2) is 11.7. The highest BCUT2D eigenvalue weighted by Gasteiger charge is 2.36. The first kappa shape index (κ1) is 30.9. The van der Waals surface area contributed by atoms with Crippen molar-refractivity contribution in [3.63, 3.8) is 0 Å². The molecule has 0 spiro atoms. The van der Waals surface area contributed by atoms with Gasteiger partial charge < -0.3 is 10.2 Å². The van der Waals surface area contributed by atoms with Gasteiger partial charge in [-0.2, -0.15) is 0 Å². The third-order valence-electron chi connectivity index (χ3n) is 12.0. The Bertz CT molecular complexity index is 2950. The fourth-order valence-corrected chi connectivity index (χ4v) is 9.55. The van der Waals surface area contributed by atoms with Crippen LogP contribution >= 0.6 is 0 Å². The summed E-state index contributed by atoms with van der Waals surface area (Å²) < 4.78 is 0. The van der Waals surface area contributed by atoms with E-state index in [0.29, 0.717) is 0 Å². The first-order valence-corrected chi connectivity index (χ1v) is 19.0. The number of benzene rings is 9. The quantitative estimate of drug-likeness (QED) is 0.185. The molecule has 1 aliphatic heterocycles. The molecule has 1 unspecified atom stereocenters. The number of nitrogens with one attached hydrogen (secondary N) is 1. The van der Waals surface area contributed by atoms with Gasteiger partial charge in [0.25, 0.3) is 0 Å². The van der Waals surface area contributed by atoms with E-state index in [4.69, 9.17) is 0 Å². The van der Waals surface area contributed by atoms with Gasteiger partial charge in [-0.15, -0.1) is 0 Å². The topological polar surface area (TPSA) is 15.3 Å². The zero-order valence-corrected chi connectivity index (χ0v) is 30.3. The molecule has 11 rings (SSSR count). The van der Waals surface area contributed by atoms with E-state index in [9.17, 15) is 0 Å². The normalized spacial score (nSPS) is 15.3. The van der Waals surface area contributed by atoms with Crippen molar-refractivity contribution < 1.29 is 0 Å². The minimum absolute atomic E-state index is 0.0610. The third-order valence-corrected chi connectivity index (χ3v) is 12.0. The van der Waals surface area contributed by atoms with Crippen LogP contribution in [0.15, 0.2) is 182 Å². The summed E-state index contributed by atoms with van der Waals surface area (Å²) in [4.78, 5) is 2.43. The third kappa shape index (κ3) is 4.47. The minimum Gasteiger partial charge on any atom is -0.359 e. The van der Waals surface area contributed by atoms with Gasteiger partial charge in [-0.3, -0.25) is 0 Å². The molecule has 1 N–H and O–H groups in total. The molecule has 0 aromatic heterocycles. The van der Waals surface area contributed by atoms with Crippen molar-refractivity contribution in [3.8, 4) is 33.4 Å². The van der Waals surface area contributed by atoms with Crippen LogP contribution in [0.4, 0.5) is 17.1 Å². The zero-order chi connectivity index (χ0) is 36.0. The second-order valence-electron chi connectivity index (χ2n) is 15.3. The Labute approximate surface area is 316 Å². The van der Waals surface area contributed by atoms with E-state index in [-0.39, 0.29) is 11.6 Å². The molecule has 0 radical (unpaired) electrons. The standard InChI is InChI=1S/C52H38N2/c1-52(2)45-27-11-10-23-38(45)42-31-43-44(32-46(42)52)50(39-26-15-17-33-16-6-7-22-37(33)39)41-25-9-8-24-40(41)49(43)34-18-14-19-35(30-34)51-53-47-28-12-13-29-48(47)54(51)36-20-4-3-5-21-36/h3-32,51,53H,1-2H3. The predicted octanol–water partition coefficient (Wildman–Crippen LogP) is 14.0. The number of rotatable bonds is 4. The average molecular weight is 691 g/mol. The van der Waals surface area contributed by atoms with E-state index in [1.54, 1.807) is 0 Å². The number of hydrogen-bond acceptors (Lipinski definition) is 2. The van der Waals surface area contributed by atoms with E-state index in [1.807, 2.05) is 0 Å². The van der Waals surface area contributed by atoms with Crippen molar-refractivity contribution >= 4 is 49.4 Å². The van der Waals surface area contributed by atoms with Gasteiger partial charge in [-0.1, -0.05) is 153 Å². The smallest absolute Gasteiger partial charge is 0.130 e. The lowest BCUT2D eigenvalue weighted by Crippen LogP contribution is -2.23. The highest BCUT2D eigenvalue weighted by atomic mass is 15.3. The minimum atomic E-state index is -0.119. The average Bonchev–Trinajstić information content (AvgIpc) is 3.72. The fraction of sp³-hybridized carbons (Fsp3) is 0.0769. The number of anilines is 3. The Morgan fingerprint density at radius 3 is 1.98 bits per heavy atom. The molecule has 54 heavy (non-hydrogen) atoms. The molecule has 1 aliphatic carbocycles. The van der Waals surface area contributed by atoms with Gasteiger partial charge in [0, 0.05) is 11.1 Å². The second-order valence-corrected chi connectivity index (χ2v) is 15.3. The summed E-state index contributed by atoms with van der Waals surface area (Å²) in [5, 5.41) is 11.5. The van der Waals surface area contributed by atoms with Crippen LogP contribution in [0, 0.1) is 0 Å². The largest absolute Gasteiger partial charge is 0.359 e. The number of hydrogen-bond donors (Lipinski definition) is 1. The molecule has 0 amide bonds. The van der Waals surface area contributed by atoms with Gasteiger partial charge in [-0.25, -0.2) is 0 Å². The molecule has 9 aromatic rings. The summed E-state index contributed by atoms with van der Waals surface area (Å²) in [6.45, 7) is 4.77. The molecule has 2 heteroatoms. The van der Waals surface area contributed by atoms with E-state index >= 15 is 0 Å². The van der Waals surface area contributed by atoms with Gasteiger partial charge in [0.2, 0.25) is 0 Å². The van der Waals surface area contributed by atoms with Gasteiger partial charge in [-0.05, 0) is 125 Å². The van der Waals surface area contributed by atoms with Crippen LogP contribution in [0.2, 0.25) is 0 Å². The Morgan fingerprint density at radius 2 is 1.11 bits per heavy atom. The van der Waals surface area contributed by atoms with Crippen LogP contribution in [0.5, 0.6) is 0 Å². The Hall–Kier alpha value is -6.64. The molecular formula is C52H38N2. The summed E-state index contributed by atoms with van der Waals surface area (Å²) in [7, 11) is 0. The van der Waals surface area contributed by atoms with Crippen molar-refractivity contribution in [2.75, 3.05) is 10.2 Å². The molecule has 0 saturated heterocycles. The summed E-state index contributed by atoms with van der Waals surface area (Å²) in [5.41, 5.74) is 15.1. The fourth-order valence-electron chi connectivity index (χ4n) is 9.55. The van der Waals surface area contributed by atoms with E-state index in [1.165, 1.54) is 88.1 Å². The van der Waals surface area contributed by atoms with Crippen LogP contribution in [-0.2, 0) is 5.41 Å². The summed E-state index contributed by atoms with van der Waals surface area (Å²) in [6.07, 6.45) is -0.0610. The molecule has 256 valence electrons. The van der Waals surface area contributed by atoms with Gasteiger partial charge >= 0.3 is 0 Å². The predicted molar refractivity (Wildman–Crippen MR) is 229 cm³/mol. The Morgan fingerprint density at radius 1 is 0.463 bits per heavy atom. The maximum atomic E-state index is 3.88. The zero-order valence-electron chi connectivity index (χ0n) is 30.3. The molecule has 0 fully saturated rings. The van der Waals surface area contributed by atoms with Crippen molar-refractivity contribution in [2.24, 2.45) is 0 Å². The van der Waals surface area contributed by atoms with E-state index in [0.717, 1.165) is 11.4 Å². The summed E-state index contributed by atoms with van der Waals surface area (Å²) in [5.74, 6) is 0. The number of nitrogens with zero attached hydrogens (tertiary/aromatic N) is 1. The van der Waals surface area contributed by atoms with Crippen LogP contribution in [-0.4, -0.2) is 0 Å². The SMILES string of the molecule is CC1(C)c2ccccc2-c2cc3c(-c4cccc(C5Nc6ccccc6N5c5ccccc5)c4)c4ccccc4c(-c4cccc5ccccc45)c3cc21. The van der Waals surface area contributed by atoms with Crippen LogP contribution < -0.4 is 10.2 Å². The maximum Gasteiger partial charge on any atom is 0.130 e. The highest BCUT2D eigenvalue weighted by Crippen LogP contribution is 2.54. The van der Waals surface area contributed by atoms with Crippen molar-refractivity contribution in [3.05, 3.63) is 199 Å².